The summed E-state index contributed by atoms with van der Waals surface area (Å²) in [5, 5.41) is 12.9. The molecule has 2 heteroatoms. The quantitative estimate of drug-likeness (QED) is 0.779. The van der Waals surface area contributed by atoms with Gasteiger partial charge in [0.1, 0.15) is 5.60 Å². The summed E-state index contributed by atoms with van der Waals surface area (Å²) in [6, 6.07) is 10.1. The largest absolute Gasteiger partial charge is 0.380 e. The molecule has 0 saturated carbocycles. The van der Waals surface area contributed by atoms with Gasteiger partial charge in [0.15, 0.2) is 0 Å². The van der Waals surface area contributed by atoms with Gasteiger partial charge in [0, 0.05) is 16.9 Å². The fraction of sp³-hybridized carbons (Fsp3) is 0.143. The van der Waals surface area contributed by atoms with Gasteiger partial charge in [-0.15, -0.1) is 17.9 Å². The van der Waals surface area contributed by atoms with Crippen molar-refractivity contribution in [2.45, 2.75) is 12.0 Å². The zero-order chi connectivity index (χ0) is 11.2. The highest BCUT2D eigenvalue weighted by molar-refractivity contribution is 7.13. The van der Waals surface area contributed by atoms with Gasteiger partial charge in [0.2, 0.25) is 0 Å². The maximum Gasteiger partial charge on any atom is 0.120 e. The van der Waals surface area contributed by atoms with Crippen molar-refractivity contribution >= 4 is 11.3 Å². The zero-order valence-electron chi connectivity index (χ0n) is 8.81. The molecule has 1 aromatic carbocycles. The van der Waals surface area contributed by atoms with Crippen molar-refractivity contribution in [1.82, 2.24) is 0 Å². The number of benzene rings is 1. The van der Waals surface area contributed by atoms with Crippen molar-refractivity contribution in [3.8, 4) is 10.4 Å². The lowest BCUT2D eigenvalue weighted by Gasteiger charge is -2.23. The highest BCUT2D eigenvalue weighted by atomic mass is 32.1. The second-order valence-electron chi connectivity index (χ2n) is 4.06. The predicted molar refractivity (Wildman–Crippen MR) is 67.6 cm³/mol. The van der Waals surface area contributed by atoms with E-state index in [9.17, 15) is 5.11 Å². The van der Waals surface area contributed by atoms with Crippen molar-refractivity contribution in [3.05, 3.63) is 59.5 Å². The van der Waals surface area contributed by atoms with Crippen molar-refractivity contribution < 1.29 is 5.11 Å². The molecule has 1 aromatic heterocycles. The lowest BCUT2D eigenvalue weighted by molar-refractivity contribution is 0.0894. The first-order valence-electron chi connectivity index (χ1n) is 5.28. The van der Waals surface area contributed by atoms with Crippen LogP contribution in [0.25, 0.3) is 10.4 Å². The normalized spacial score (nSPS) is 21.6. The van der Waals surface area contributed by atoms with Crippen LogP contribution >= 0.6 is 11.3 Å². The van der Waals surface area contributed by atoms with E-state index in [-0.39, 0.29) is 0 Å². The summed E-state index contributed by atoms with van der Waals surface area (Å²) >= 11 is 1.69. The summed E-state index contributed by atoms with van der Waals surface area (Å²) in [7, 11) is 0. The number of thiophene rings is 1. The minimum Gasteiger partial charge on any atom is -0.380 e. The van der Waals surface area contributed by atoms with E-state index >= 15 is 0 Å². The molecule has 1 unspecified atom stereocenters. The summed E-state index contributed by atoms with van der Waals surface area (Å²) in [4.78, 5) is 1.19. The molecular weight excluding hydrogens is 216 g/mol. The van der Waals surface area contributed by atoms with Gasteiger partial charge in [-0.2, -0.15) is 0 Å². The first-order valence-corrected chi connectivity index (χ1v) is 6.16. The van der Waals surface area contributed by atoms with Crippen LogP contribution in [0.15, 0.2) is 48.4 Å². The van der Waals surface area contributed by atoms with Crippen LogP contribution in [0, 0.1) is 0 Å². The van der Waals surface area contributed by atoms with Crippen LogP contribution in [0.4, 0.5) is 0 Å². The van der Waals surface area contributed by atoms with Crippen molar-refractivity contribution in [2.24, 2.45) is 0 Å². The lowest BCUT2D eigenvalue weighted by atomic mass is 9.89. The number of rotatable bonds is 2. The van der Waals surface area contributed by atoms with E-state index in [0.29, 0.717) is 6.42 Å². The van der Waals surface area contributed by atoms with E-state index in [0.717, 1.165) is 16.7 Å². The SMILES string of the molecule is C=CCC1(O)c2ccccc2-c2sccc21. The highest BCUT2D eigenvalue weighted by Crippen LogP contribution is 2.51. The molecule has 0 aliphatic heterocycles. The smallest absolute Gasteiger partial charge is 0.120 e. The predicted octanol–water partition coefficient (Wildman–Crippen LogP) is 3.54. The van der Waals surface area contributed by atoms with Gasteiger partial charge in [0.05, 0.1) is 0 Å². The van der Waals surface area contributed by atoms with Crippen LogP contribution in [0.3, 0.4) is 0 Å². The van der Waals surface area contributed by atoms with E-state index in [1.165, 1.54) is 4.88 Å². The van der Waals surface area contributed by atoms with E-state index in [4.69, 9.17) is 0 Å². The van der Waals surface area contributed by atoms with E-state index in [1.54, 1.807) is 17.4 Å². The number of hydrogen-bond acceptors (Lipinski definition) is 2. The Hall–Kier alpha value is -1.38. The molecule has 1 atom stereocenters. The summed E-state index contributed by atoms with van der Waals surface area (Å²) in [5.74, 6) is 0. The number of aliphatic hydroxyl groups is 1. The third-order valence-corrected chi connectivity index (χ3v) is 4.12. The Morgan fingerprint density at radius 1 is 1.25 bits per heavy atom. The number of hydrogen-bond donors (Lipinski definition) is 1. The maximum absolute atomic E-state index is 10.8. The van der Waals surface area contributed by atoms with Crippen molar-refractivity contribution in [1.29, 1.82) is 0 Å². The second-order valence-corrected chi connectivity index (χ2v) is 4.98. The first-order chi connectivity index (χ1) is 7.77. The van der Waals surface area contributed by atoms with Gasteiger partial charge < -0.3 is 5.11 Å². The van der Waals surface area contributed by atoms with Crippen molar-refractivity contribution in [3.63, 3.8) is 0 Å². The Bertz CT molecular complexity index is 555. The molecule has 1 aliphatic carbocycles. The van der Waals surface area contributed by atoms with Crippen LogP contribution in [0.1, 0.15) is 17.5 Å². The lowest BCUT2D eigenvalue weighted by Crippen LogP contribution is -2.23. The molecule has 1 aliphatic rings. The van der Waals surface area contributed by atoms with E-state index in [1.807, 2.05) is 29.6 Å². The molecular formula is C14H12OS. The molecule has 0 fully saturated rings. The average molecular weight is 228 g/mol. The molecule has 1 N–H and O–H groups in total. The molecule has 80 valence electrons. The minimum absolute atomic E-state index is 0.563. The fourth-order valence-corrected chi connectivity index (χ4v) is 3.47. The maximum atomic E-state index is 10.8. The van der Waals surface area contributed by atoms with Gasteiger partial charge in [-0.1, -0.05) is 30.3 Å². The molecule has 0 saturated heterocycles. The Kier molecular flexibility index (Phi) is 2.03. The Labute approximate surface area is 98.7 Å². The van der Waals surface area contributed by atoms with Gasteiger partial charge in [-0.05, 0) is 22.6 Å². The molecule has 2 aromatic rings. The van der Waals surface area contributed by atoms with Crippen LogP contribution < -0.4 is 0 Å². The summed E-state index contributed by atoms with van der Waals surface area (Å²) < 4.78 is 0. The van der Waals surface area contributed by atoms with Crippen LogP contribution in [-0.4, -0.2) is 5.11 Å². The Morgan fingerprint density at radius 3 is 2.88 bits per heavy atom. The molecule has 0 radical (unpaired) electrons. The minimum atomic E-state index is -0.867. The average Bonchev–Trinajstić information content (AvgIpc) is 2.85. The monoisotopic (exact) mass is 228 g/mol. The van der Waals surface area contributed by atoms with Crippen LogP contribution in [0.5, 0.6) is 0 Å². The van der Waals surface area contributed by atoms with Gasteiger partial charge in [-0.25, -0.2) is 0 Å². The Morgan fingerprint density at radius 2 is 2.06 bits per heavy atom. The molecule has 1 nitrogen and oxygen atoms in total. The molecule has 16 heavy (non-hydrogen) atoms. The molecule has 0 bridgehead atoms. The summed E-state index contributed by atoms with van der Waals surface area (Å²) in [6.07, 6.45) is 2.34. The standard InChI is InChI=1S/C14H12OS/c1-2-8-14(15)11-6-4-3-5-10(11)13-12(14)7-9-16-13/h2-7,9,15H,1,8H2. The van der Waals surface area contributed by atoms with Gasteiger partial charge >= 0.3 is 0 Å². The van der Waals surface area contributed by atoms with Gasteiger partial charge in [0.25, 0.3) is 0 Å². The van der Waals surface area contributed by atoms with Gasteiger partial charge in [-0.3, -0.25) is 0 Å². The summed E-state index contributed by atoms with van der Waals surface area (Å²) in [6.45, 7) is 3.74. The molecule has 1 heterocycles. The van der Waals surface area contributed by atoms with Crippen molar-refractivity contribution in [2.75, 3.05) is 0 Å². The first kappa shape index (κ1) is 9.82. The summed E-state index contributed by atoms with van der Waals surface area (Å²) in [5.41, 5.74) is 2.33. The molecule has 0 spiro atoms. The third-order valence-electron chi connectivity index (χ3n) is 3.17. The topological polar surface area (TPSA) is 20.2 Å². The van der Waals surface area contributed by atoms with E-state index < -0.39 is 5.60 Å². The highest BCUT2D eigenvalue weighted by Gasteiger charge is 2.41. The fourth-order valence-electron chi connectivity index (χ4n) is 2.46. The molecule has 3 rings (SSSR count). The van der Waals surface area contributed by atoms with Crippen LogP contribution in [-0.2, 0) is 5.60 Å². The zero-order valence-corrected chi connectivity index (χ0v) is 9.63. The Balaban J connectivity index is 2.32. The molecule has 0 amide bonds. The third kappa shape index (κ3) is 1.09. The number of fused-ring (bicyclic) bond motifs is 3. The second kappa shape index (κ2) is 3.30. The van der Waals surface area contributed by atoms with Crippen LogP contribution in [0.2, 0.25) is 0 Å². The van der Waals surface area contributed by atoms with E-state index in [2.05, 4.69) is 12.6 Å².